The van der Waals surface area contributed by atoms with Gasteiger partial charge in [0.1, 0.15) is 0 Å². The van der Waals surface area contributed by atoms with Crippen LogP contribution in [0.5, 0.6) is 0 Å². The van der Waals surface area contributed by atoms with Crippen molar-refractivity contribution in [2.45, 2.75) is 19.3 Å². The van der Waals surface area contributed by atoms with E-state index in [2.05, 4.69) is 37.3 Å². The van der Waals surface area contributed by atoms with Crippen LogP contribution in [0.2, 0.25) is 0 Å². The Bertz CT molecular complexity index is 489. The normalized spacial score (nSPS) is 34.2. The fraction of sp³-hybridized carbons (Fsp3) is 0.400. The summed E-state index contributed by atoms with van der Waals surface area (Å²) < 4.78 is 0. The summed E-state index contributed by atoms with van der Waals surface area (Å²) in [6.07, 6.45) is 5.31. The van der Waals surface area contributed by atoms with Gasteiger partial charge in [-0.05, 0) is 30.7 Å². The summed E-state index contributed by atoms with van der Waals surface area (Å²) in [6, 6.07) is 8.29. The third-order valence-corrected chi connectivity index (χ3v) is 4.17. The van der Waals surface area contributed by atoms with E-state index < -0.39 is 5.97 Å². The topological polar surface area (TPSA) is 37.3 Å². The highest BCUT2D eigenvalue weighted by Gasteiger charge is 2.48. The maximum atomic E-state index is 11.4. The van der Waals surface area contributed by atoms with Gasteiger partial charge in [-0.1, -0.05) is 42.0 Å². The summed E-state index contributed by atoms with van der Waals surface area (Å²) >= 11 is 0. The number of carboxylic acids is 1. The molecule has 2 aliphatic carbocycles. The summed E-state index contributed by atoms with van der Waals surface area (Å²) in [5, 5.41) is 9.40. The highest BCUT2D eigenvalue weighted by molar-refractivity contribution is 5.73. The highest BCUT2D eigenvalue weighted by Crippen LogP contribution is 2.53. The first-order chi connectivity index (χ1) is 8.16. The van der Waals surface area contributed by atoms with Crippen LogP contribution in [0.25, 0.3) is 0 Å². The van der Waals surface area contributed by atoms with Gasteiger partial charge in [0.15, 0.2) is 0 Å². The van der Waals surface area contributed by atoms with Gasteiger partial charge in [0, 0.05) is 5.92 Å². The fourth-order valence-corrected chi connectivity index (χ4v) is 3.49. The van der Waals surface area contributed by atoms with Crippen molar-refractivity contribution in [3.05, 3.63) is 47.5 Å². The van der Waals surface area contributed by atoms with Crippen molar-refractivity contribution in [3.8, 4) is 0 Å². The van der Waals surface area contributed by atoms with E-state index in [0.717, 1.165) is 6.42 Å². The Morgan fingerprint density at radius 1 is 1.29 bits per heavy atom. The van der Waals surface area contributed by atoms with Gasteiger partial charge in [0.25, 0.3) is 0 Å². The molecule has 1 fully saturated rings. The molecule has 0 aliphatic heterocycles. The predicted octanol–water partition coefficient (Wildman–Crippen LogP) is 2.99. The monoisotopic (exact) mass is 228 g/mol. The summed E-state index contributed by atoms with van der Waals surface area (Å²) in [6.45, 7) is 2.06. The summed E-state index contributed by atoms with van der Waals surface area (Å²) in [5.41, 5.74) is 2.40. The van der Waals surface area contributed by atoms with Crippen molar-refractivity contribution in [1.82, 2.24) is 0 Å². The van der Waals surface area contributed by atoms with Crippen molar-refractivity contribution in [2.24, 2.45) is 17.8 Å². The minimum absolute atomic E-state index is 0.169. The Hall–Kier alpha value is -1.57. The molecule has 0 spiro atoms. The van der Waals surface area contributed by atoms with Crippen molar-refractivity contribution < 1.29 is 9.90 Å². The number of hydrogen-bond acceptors (Lipinski definition) is 1. The van der Waals surface area contributed by atoms with Crippen LogP contribution in [0.1, 0.15) is 23.5 Å². The van der Waals surface area contributed by atoms with E-state index in [4.69, 9.17) is 0 Å². The zero-order valence-electron chi connectivity index (χ0n) is 9.84. The van der Waals surface area contributed by atoms with E-state index in [-0.39, 0.29) is 17.8 Å². The van der Waals surface area contributed by atoms with E-state index in [0.29, 0.717) is 5.92 Å². The lowest BCUT2D eigenvalue weighted by atomic mass is 9.78. The molecule has 0 saturated heterocycles. The number of allylic oxidation sites excluding steroid dienone is 2. The molecule has 1 saturated carbocycles. The van der Waals surface area contributed by atoms with E-state index in [9.17, 15) is 9.90 Å². The smallest absolute Gasteiger partial charge is 0.307 e. The average Bonchev–Trinajstić information content (AvgIpc) is 2.88. The van der Waals surface area contributed by atoms with Gasteiger partial charge < -0.3 is 5.11 Å². The van der Waals surface area contributed by atoms with Gasteiger partial charge in [-0.15, -0.1) is 0 Å². The number of aliphatic carboxylic acids is 1. The zero-order valence-corrected chi connectivity index (χ0v) is 9.84. The van der Waals surface area contributed by atoms with Crippen molar-refractivity contribution in [3.63, 3.8) is 0 Å². The van der Waals surface area contributed by atoms with Crippen LogP contribution in [-0.4, -0.2) is 11.1 Å². The molecule has 2 heteroatoms. The van der Waals surface area contributed by atoms with Crippen molar-refractivity contribution >= 4 is 5.97 Å². The molecular weight excluding hydrogens is 212 g/mol. The van der Waals surface area contributed by atoms with E-state index in [1.807, 2.05) is 6.07 Å². The quantitative estimate of drug-likeness (QED) is 0.790. The maximum absolute atomic E-state index is 11.4. The second kappa shape index (κ2) is 3.73. The molecule has 3 rings (SSSR count). The van der Waals surface area contributed by atoms with Crippen LogP contribution >= 0.6 is 0 Å². The SMILES string of the molecule is Cc1cccc(C2C3C=CC(C3)C2C(=O)O)c1. The van der Waals surface area contributed by atoms with Gasteiger partial charge in [0.05, 0.1) is 5.92 Å². The lowest BCUT2D eigenvalue weighted by Gasteiger charge is -2.25. The summed E-state index contributed by atoms with van der Waals surface area (Å²) in [4.78, 5) is 11.4. The molecule has 2 bridgehead atoms. The van der Waals surface area contributed by atoms with Crippen LogP contribution in [0.15, 0.2) is 36.4 Å². The first-order valence-corrected chi connectivity index (χ1v) is 6.14. The van der Waals surface area contributed by atoms with Crippen molar-refractivity contribution in [1.29, 1.82) is 0 Å². The first-order valence-electron chi connectivity index (χ1n) is 6.14. The Kier molecular flexibility index (Phi) is 2.32. The van der Waals surface area contributed by atoms with Gasteiger partial charge in [-0.2, -0.15) is 0 Å². The van der Waals surface area contributed by atoms with Gasteiger partial charge in [-0.25, -0.2) is 0 Å². The van der Waals surface area contributed by atoms with Gasteiger partial charge in [-0.3, -0.25) is 4.79 Å². The van der Waals surface area contributed by atoms with Crippen LogP contribution in [0.4, 0.5) is 0 Å². The van der Waals surface area contributed by atoms with Crippen molar-refractivity contribution in [2.75, 3.05) is 0 Å². The number of hydrogen-bond donors (Lipinski definition) is 1. The fourth-order valence-electron chi connectivity index (χ4n) is 3.49. The largest absolute Gasteiger partial charge is 0.481 e. The summed E-state index contributed by atoms with van der Waals surface area (Å²) in [7, 11) is 0. The van der Waals surface area contributed by atoms with Crippen LogP contribution in [0.3, 0.4) is 0 Å². The Morgan fingerprint density at radius 3 is 2.76 bits per heavy atom. The Morgan fingerprint density at radius 2 is 2.06 bits per heavy atom. The standard InChI is InChI=1S/C15H16O2/c1-9-3-2-4-10(7-9)13-11-5-6-12(8-11)14(13)15(16)17/h2-7,11-14H,8H2,1H3,(H,16,17). The average molecular weight is 228 g/mol. The third-order valence-electron chi connectivity index (χ3n) is 4.17. The number of aryl methyl sites for hydroxylation is 1. The Labute approximate surface area is 101 Å². The highest BCUT2D eigenvalue weighted by atomic mass is 16.4. The van der Waals surface area contributed by atoms with Crippen LogP contribution < -0.4 is 0 Å². The molecule has 1 aromatic rings. The van der Waals surface area contributed by atoms with E-state index >= 15 is 0 Å². The minimum atomic E-state index is -0.645. The maximum Gasteiger partial charge on any atom is 0.307 e. The second-order valence-corrected chi connectivity index (χ2v) is 5.25. The molecular formula is C15H16O2. The molecule has 17 heavy (non-hydrogen) atoms. The molecule has 2 nitrogen and oxygen atoms in total. The zero-order chi connectivity index (χ0) is 12.0. The second-order valence-electron chi connectivity index (χ2n) is 5.25. The van der Waals surface area contributed by atoms with E-state index in [1.54, 1.807) is 0 Å². The molecule has 0 radical (unpaired) electrons. The van der Waals surface area contributed by atoms with Crippen LogP contribution in [-0.2, 0) is 4.79 Å². The molecule has 4 atom stereocenters. The van der Waals surface area contributed by atoms with Gasteiger partial charge in [0.2, 0.25) is 0 Å². The lowest BCUT2D eigenvalue weighted by molar-refractivity contribution is -0.143. The number of benzene rings is 1. The molecule has 0 heterocycles. The number of rotatable bonds is 2. The molecule has 1 N–H and O–H groups in total. The minimum Gasteiger partial charge on any atom is -0.481 e. The molecule has 4 unspecified atom stereocenters. The molecule has 2 aliphatic rings. The third kappa shape index (κ3) is 1.59. The molecule has 88 valence electrons. The number of carbonyl (C=O) groups is 1. The number of fused-ring (bicyclic) bond motifs is 2. The molecule has 1 aromatic carbocycles. The van der Waals surface area contributed by atoms with Gasteiger partial charge >= 0.3 is 5.97 Å². The first kappa shape index (κ1) is 10.6. The lowest BCUT2D eigenvalue weighted by Crippen LogP contribution is -2.25. The Balaban J connectivity index is 2.02. The molecule has 0 aromatic heterocycles. The van der Waals surface area contributed by atoms with E-state index in [1.165, 1.54) is 11.1 Å². The van der Waals surface area contributed by atoms with Crippen LogP contribution in [0, 0.1) is 24.7 Å². The summed E-state index contributed by atoms with van der Waals surface area (Å²) in [5.74, 6) is -0.0477. The molecule has 0 amide bonds. The number of carboxylic acid groups (broad SMARTS) is 1. The predicted molar refractivity (Wildman–Crippen MR) is 65.8 cm³/mol.